The topological polar surface area (TPSA) is 61.1 Å². The van der Waals surface area contributed by atoms with Crippen molar-refractivity contribution in [3.05, 3.63) is 11.1 Å². The molecular formula is C11H15NO2. The first-order valence-electron chi connectivity index (χ1n) is 5.07. The molecule has 3 nitrogen and oxygen atoms in total. The average molecular weight is 193 g/mol. The fourth-order valence-corrected chi connectivity index (χ4v) is 2.12. The third-order valence-corrected chi connectivity index (χ3v) is 2.88. The summed E-state index contributed by atoms with van der Waals surface area (Å²) < 4.78 is 0. The van der Waals surface area contributed by atoms with E-state index in [1.165, 1.54) is 0 Å². The van der Waals surface area contributed by atoms with Crippen LogP contribution in [0.5, 0.6) is 0 Å². The lowest BCUT2D eigenvalue weighted by Gasteiger charge is -2.24. The molecule has 1 N–H and O–H groups in total. The monoisotopic (exact) mass is 193 g/mol. The number of hydrogen-bond acceptors (Lipinski definition) is 2. The van der Waals surface area contributed by atoms with E-state index in [9.17, 15) is 4.79 Å². The summed E-state index contributed by atoms with van der Waals surface area (Å²) in [6.45, 7) is 2.05. The predicted molar refractivity (Wildman–Crippen MR) is 52.5 cm³/mol. The fourth-order valence-electron chi connectivity index (χ4n) is 2.12. The first-order valence-corrected chi connectivity index (χ1v) is 5.07. The molecule has 0 spiro atoms. The van der Waals surface area contributed by atoms with Crippen LogP contribution in [0.15, 0.2) is 11.1 Å². The van der Waals surface area contributed by atoms with Crippen molar-refractivity contribution in [3.8, 4) is 6.07 Å². The molecule has 0 radical (unpaired) electrons. The number of nitriles is 1. The molecule has 1 unspecified atom stereocenters. The fraction of sp³-hybridized carbons (Fsp3) is 0.636. The zero-order valence-corrected chi connectivity index (χ0v) is 8.42. The lowest BCUT2D eigenvalue weighted by Crippen LogP contribution is -2.14. The minimum absolute atomic E-state index is 0.0171. The molecule has 0 aromatic rings. The highest BCUT2D eigenvalue weighted by molar-refractivity contribution is 5.92. The lowest BCUT2D eigenvalue weighted by molar-refractivity contribution is -0.132. The van der Waals surface area contributed by atoms with Crippen molar-refractivity contribution >= 4 is 5.97 Å². The van der Waals surface area contributed by atoms with Crippen molar-refractivity contribution < 1.29 is 9.90 Å². The van der Waals surface area contributed by atoms with Crippen LogP contribution in [0, 0.1) is 17.2 Å². The summed E-state index contributed by atoms with van der Waals surface area (Å²) in [4.78, 5) is 10.8. The second-order valence-corrected chi connectivity index (χ2v) is 3.67. The third kappa shape index (κ3) is 2.14. The summed E-state index contributed by atoms with van der Waals surface area (Å²) >= 11 is 0. The van der Waals surface area contributed by atoms with Gasteiger partial charge in [0.25, 0.3) is 0 Å². The molecule has 0 heterocycles. The Kier molecular flexibility index (Phi) is 3.70. The lowest BCUT2D eigenvalue weighted by atomic mass is 9.80. The van der Waals surface area contributed by atoms with Crippen molar-refractivity contribution in [2.24, 2.45) is 5.92 Å². The second-order valence-electron chi connectivity index (χ2n) is 3.67. The molecule has 1 fully saturated rings. The van der Waals surface area contributed by atoms with E-state index in [1.54, 1.807) is 0 Å². The van der Waals surface area contributed by atoms with Crippen molar-refractivity contribution in [3.63, 3.8) is 0 Å². The number of carboxylic acid groups (broad SMARTS) is 1. The summed E-state index contributed by atoms with van der Waals surface area (Å²) in [6.07, 6.45) is 4.93. The minimum atomic E-state index is -1.07. The van der Waals surface area contributed by atoms with E-state index in [2.05, 4.69) is 0 Å². The molecule has 1 aliphatic rings. The summed E-state index contributed by atoms with van der Waals surface area (Å²) in [6, 6.07) is 1.82. The normalized spacial score (nSPS) is 25.3. The zero-order valence-electron chi connectivity index (χ0n) is 8.42. The Morgan fingerprint density at radius 2 is 2.36 bits per heavy atom. The molecular weight excluding hydrogens is 178 g/mol. The molecule has 1 aliphatic carbocycles. The maximum Gasteiger partial charge on any atom is 0.346 e. The van der Waals surface area contributed by atoms with E-state index in [0.717, 1.165) is 37.7 Å². The first kappa shape index (κ1) is 10.8. The standard InChI is InChI=1S/C11H15NO2/c1-2-8-5-3-4-6-9(8)10(7-12)11(13)14/h8H,2-6H2,1H3,(H,13,14). The van der Waals surface area contributed by atoms with E-state index in [-0.39, 0.29) is 5.57 Å². The summed E-state index contributed by atoms with van der Waals surface area (Å²) in [5.41, 5.74) is 0.852. The Hall–Kier alpha value is -1.30. The van der Waals surface area contributed by atoms with Crippen molar-refractivity contribution in [1.82, 2.24) is 0 Å². The zero-order chi connectivity index (χ0) is 10.6. The van der Waals surface area contributed by atoms with Gasteiger partial charge in [0.15, 0.2) is 0 Å². The van der Waals surface area contributed by atoms with Crippen molar-refractivity contribution in [2.75, 3.05) is 0 Å². The van der Waals surface area contributed by atoms with Gasteiger partial charge in [0.05, 0.1) is 0 Å². The van der Waals surface area contributed by atoms with Crippen molar-refractivity contribution in [1.29, 1.82) is 5.26 Å². The highest BCUT2D eigenvalue weighted by Gasteiger charge is 2.23. The maximum absolute atomic E-state index is 10.8. The molecule has 0 aromatic heterocycles. The number of carboxylic acids is 1. The Balaban J connectivity index is 3.00. The van der Waals surface area contributed by atoms with Gasteiger partial charge in [0.2, 0.25) is 0 Å². The van der Waals surface area contributed by atoms with Crippen LogP contribution in [0.25, 0.3) is 0 Å². The molecule has 3 heteroatoms. The third-order valence-electron chi connectivity index (χ3n) is 2.88. The highest BCUT2D eigenvalue weighted by Crippen LogP contribution is 2.33. The molecule has 0 saturated heterocycles. The van der Waals surface area contributed by atoms with Gasteiger partial charge in [-0.15, -0.1) is 0 Å². The molecule has 14 heavy (non-hydrogen) atoms. The van der Waals surface area contributed by atoms with Crippen LogP contribution in [0.3, 0.4) is 0 Å². The van der Waals surface area contributed by atoms with Gasteiger partial charge in [0.1, 0.15) is 11.6 Å². The highest BCUT2D eigenvalue weighted by atomic mass is 16.4. The van der Waals surface area contributed by atoms with Crippen LogP contribution >= 0.6 is 0 Å². The van der Waals surface area contributed by atoms with E-state index in [4.69, 9.17) is 10.4 Å². The first-order chi connectivity index (χ1) is 6.70. The minimum Gasteiger partial charge on any atom is -0.477 e. The Morgan fingerprint density at radius 3 is 2.86 bits per heavy atom. The molecule has 1 saturated carbocycles. The van der Waals surface area contributed by atoms with Gasteiger partial charge in [0, 0.05) is 0 Å². The molecule has 1 rings (SSSR count). The summed E-state index contributed by atoms with van der Waals surface area (Å²) in [5.74, 6) is -0.752. The van der Waals surface area contributed by atoms with Gasteiger partial charge in [-0.3, -0.25) is 0 Å². The van der Waals surface area contributed by atoms with Crippen LogP contribution in [0.4, 0.5) is 0 Å². The molecule has 1 atom stereocenters. The number of rotatable bonds is 2. The van der Waals surface area contributed by atoms with Crippen LogP contribution in [-0.4, -0.2) is 11.1 Å². The van der Waals surface area contributed by atoms with Crippen molar-refractivity contribution in [2.45, 2.75) is 39.0 Å². The Morgan fingerprint density at radius 1 is 1.64 bits per heavy atom. The summed E-state index contributed by atoms with van der Waals surface area (Å²) in [7, 11) is 0. The molecule has 0 aliphatic heterocycles. The molecule has 0 aromatic carbocycles. The van der Waals surface area contributed by atoms with E-state index < -0.39 is 5.97 Å². The molecule has 0 amide bonds. The average Bonchev–Trinajstić information content (AvgIpc) is 2.19. The van der Waals surface area contributed by atoms with Gasteiger partial charge in [-0.1, -0.05) is 13.3 Å². The number of allylic oxidation sites excluding steroid dienone is 1. The number of nitrogens with zero attached hydrogens (tertiary/aromatic N) is 1. The Labute approximate surface area is 84.0 Å². The van der Waals surface area contributed by atoms with Crippen LogP contribution in [-0.2, 0) is 4.79 Å². The number of aliphatic carboxylic acids is 1. The molecule has 76 valence electrons. The second kappa shape index (κ2) is 4.80. The number of carbonyl (C=O) groups is 1. The van der Waals surface area contributed by atoms with Gasteiger partial charge < -0.3 is 5.11 Å². The van der Waals surface area contributed by atoms with Gasteiger partial charge >= 0.3 is 5.97 Å². The SMILES string of the molecule is CCC1CCCCC1=C(C#N)C(=O)O. The van der Waals surface area contributed by atoms with Gasteiger partial charge in [-0.2, -0.15) is 5.26 Å². The maximum atomic E-state index is 10.8. The van der Waals surface area contributed by atoms with E-state index in [0.29, 0.717) is 5.92 Å². The smallest absolute Gasteiger partial charge is 0.346 e. The quantitative estimate of drug-likeness (QED) is 0.541. The predicted octanol–water partition coefficient (Wildman–Crippen LogP) is 2.49. The van der Waals surface area contributed by atoms with Crippen LogP contribution in [0.2, 0.25) is 0 Å². The largest absolute Gasteiger partial charge is 0.477 e. The van der Waals surface area contributed by atoms with Crippen LogP contribution < -0.4 is 0 Å². The van der Waals surface area contributed by atoms with E-state index in [1.807, 2.05) is 13.0 Å². The Bertz CT molecular complexity index is 299. The summed E-state index contributed by atoms with van der Waals surface area (Å²) in [5, 5.41) is 17.6. The van der Waals surface area contributed by atoms with Gasteiger partial charge in [-0.25, -0.2) is 4.79 Å². The molecule has 0 bridgehead atoms. The van der Waals surface area contributed by atoms with Gasteiger partial charge in [-0.05, 0) is 37.2 Å². The van der Waals surface area contributed by atoms with E-state index >= 15 is 0 Å². The van der Waals surface area contributed by atoms with Crippen LogP contribution in [0.1, 0.15) is 39.0 Å². The number of hydrogen-bond donors (Lipinski definition) is 1.